The highest BCUT2D eigenvalue weighted by molar-refractivity contribution is 5.40. The number of ether oxygens (including phenoxy) is 1. The van der Waals surface area contributed by atoms with Gasteiger partial charge in [-0.15, -0.1) is 0 Å². The van der Waals surface area contributed by atoms with Crippen molar-refractivity contribution in [2.45, 2.75) is 6.10 Å². The molecule has 0 radical (unpaired) electrons. The lowest BCUT2D eigenvalue weighted by Crippen LogP contribution is -2.39. The van der Waals surface area contributed by atoms with Gasteiger partial charge in [-0.05, 0) is 18.2 Å². The van der Waals surface area contributed by atoms with Gasteiger partial charge >= 0.3 is 0 Å². The van der Waals surface area contributed by atoms with Gasteiger partial charge in [-0.2, -0.15) is 0 Å². The van der Waals surface area contributed by atoms with Crippen LogP contribution in [0.2, 0.25) is 0 Å². The highest BCUT2D eigenvalue weighted by Gasteiger charge is 2.24. The van der Waals surface area contributed by atoms with Crippen LogP contribution in [0, 0.1) is 0 Å². The number of hydrogen-bond acceptors (Lipinski definition) is 6. The molecule has 1 fully saturated rings. The van der Waals surface area contributed by atoms with E-state index < -0.39 is 0 Å². The fourth-order valence-electron chi connectivity index (χ4n) is 2.21. The summed E-state index contributed by atoms with van der Waals surface area (Å²) < 4.78 is 5.81. The summed E-state index contributed by atoms with van der Waals surface area (Å²) in [5.74, 6) is 0.743. The maximum absolute atomic E-state index is 5.81. The Kier molecular flexibility index (Phi) is 3.73. The van der Waals surface area contributed by atoms with E-state index in [0.29, 0.717) is 6.61 Å². The lowest BCUT2D eigenvalue weighted by molar-refractivity contribution is 0.0365. The van der Waals surface area contributed by atoms with E-state index >= 15 is 0 Å². The van der Waals surface area contributed by atoms with Crippen LogP contribution < -0.4 is 10.2 Å². The monoisotopic (exact) mass is 271 g/mol. The summed E-state index contributed by atoms with van der Waals surface area (Å²) >= 11 is 0. The average Bonchev–Trinajstić information content (AvgIpc) is 2.56. The van der Waals surface area contributed by atoms with Gasteiger partial charge in [0.2, 0.25) is 5.95 Å². The molecule has 1 saturated heterocycles. The van der Waals surface area contributed by atoms with Crippen LogP contribution >= 0.6 is 0 Å². The van der Waals surface area contributed by atoms with Gasteiger partial charge in [-0.1, -0.05) is 0 Å². The Hall–Kier alpha value is -2.21. The number of aromatic nitrogens is 3. The Balaban J connectivity index is 1.74. The number of hydrogen-bond donors (Lipinski definition) is 1. The standard InChI is InChI=1S/C14H17N5O/c1-15-11-3-4-12(18-9-11)13-10-19(7-8-20-13)14-16-5-2-6-17-14/h2-6,9,13,15H,7-8,10H2,1H3/t13-/m1/s1. The third-order valence-corrected chi connectivity index (χ3v) is 3.31. The first-order chi connectivity index (χ1) is 9.86. The van der Waals surface area contributed by atoms with Crippen LogP contribution in [0.25, 0.3) is 0 Å². The van der Waals surface area contributed by atoms with Crippen molar-refractivity contribution in [3.8, 4) is 0 Å². The molecule has 0 saturated carbocycles. The Morgan fingerprint density at radius 2 is 2.10 bits per heavy atom. The van der Waals surface area contributed by atoms with Gasteiger partial charge in [0.15, 0.2) is 0 Å². The molecule has 1 N–H and O–H groups in total. The molecule has 20 heavy (non-hydrogen) atoms. The summed E-state index contributed by atoms with van der Waals surface area (Å²) in [5, 5.41) is 3.06. The van der Waals surface area contributed by atoms with Crippen LogP contribution in [0.4, 0.5) is 11.6 Å². The summed E-state index contributed by atoms with van der Waals surface area (Å²) in [6, 6.07) is 5.81. The van der Waals surface area contributed by atoms with Crippen molar-refractivity contribution in [1.82, 2.24) is 15.0 Å². The predicted molar refractivity (Wildman–Crippen MR) is 76.7 cm³/mol. The van der Waals surface area contributed by atoms with Gasteiger partial charge in [-0.3, -0.25) is 4.98 Å². The maximum atomic E-state index is 5.81. The second-order valence-corrected chi connectivity index (χ2v) is 4.58. The minimum Gasteiger partial charge on any atom is -0.387 e. The third kappa shape index (κ3) is 2.70. The van der Waals surface area contributed by atoms with Crippen molar-refractivity contribution in [1.29, 1.82) is 0 Å². The summed E-state index contributed by atoms with van der Waals surface area (Å²) in [5.41, 5.74) is 1.93. The van der Waals surface area contributed by atoms with Crippen LogP contribution in [0.1, 0.15) is 11.8 Å². The number of nitrogens with one attached hydrogen (secondary N) is 1. The fraction of sp³-hybridized carbons (Fsp3) is 0.357. The predicted octanol–water partition coefficient (Wildman–Crippen LogP) is 1.49. The van der Waals surface area contributed by atoms with E-state index in [1.807, 2.05) is 31.4 Å². The van der Waals surface area contributed by atoms with E-state index in [4.69, 9.17) is 4.74 Å². The second-order valence-electron chi connectivity index (χ2n) is 4.58. The van der Waals surface area contributed by atoms with Gasteiger partial charge in [0.05, 0.1) is 30.7 Å². The van der Waals surface area contributed by atoms with E-state index in [1.165, 1.54) is 0 Å². The van der Waals surface area contributed by atoms with Crippen molar-refractivity contribution >= 4 is 11.6 Å². The molecule has 2 aromatic rings. The zero-order valence-electron chi connectivity index (χ0n) is 11.4. The van der Waals surface area contributed by atoms with Crippen molar-refractivity contribution in [3.05, 3.63) is 42.5 Å². The highest BCUT2D eigenvalue weighted by atomic mass is 16.5. The molecule has 1 aliphatic rings. The molecule has 0 aromatic carbocycles. The average molecular weight is 271 g/mol. The van der Waals surface area contributed by atoms with Crippen LogP contribution in [0.15, 0.2) is 36.8 Å². The molecule has 3 rings (SSSR count). The van der Waals surface area contributed by atoms with Gasteiger partial charge in [-0.25, -0.2) is 9.97 Å². The Labute approximate surface area is 117 Å². The molecular formula is C14H17N5O. The zero-order valence-corrected chi connectivity index (χ0v) is 11.4. The number of morpholine rings is 1. The molecule has 0 bridgehead atoms. The van der Waals surface area contributed by atoms with Crippen LogP contribution in [-0.4, -0.2) is 41.7 Å². The van der Waals surface area contributed by atoms with Crippen molar-refractivity contribution in [2.75, 3.05) is 37.0 Å². The lowest BCUT2D eigenvalue weighted by Gasteiger charge is -2.32. The summed E-state index contributed by atoms with van der Waals surface area (Å²) in [6.45, 7) is 2.17. The molecule has 0 unspecified atom stereocenters. The number of anilines is 2. The van der Waals surface area contributed by atoms with E-state index in [-0.39, 0.29) is 6.10 Å². The first-order valence-electron chi connectivity index (χ1n) is 6.64. The summed E-state index contributed by atoms with van der Waals surface area (Å²) in [6.07, 6.45) is 5.29. The first kappa shape index (κ1) is 12.8. The van der Waals surface area contributed by atoms with E-state index in [2.05, 4.69) is 25.2 Å². The SMILES string of the molecule is CNc1ccc([C@H]2CN(c3ncccn3)CCO2)nc1. The number of pyridine rings is 1. The van der Waals surface area contributed by atoms with Crippen LogP contribution in [0.3, 0.4) is 0 Å². The Morgan fingerprint density at radius 1 is 1.25 bits per heavy atom. The molecule has 104 valence electrons. The minimum atomic E-state index is -0.0431. The van der Waals surface area contributed by atoms with Crippen molar-refractivity contribution < 1.29 is 4.74 Å². The molecule has 1 atom stereocenters. The van der Waals surface area contributed by atoms with Crippen molar-refractivity contribution in [2.24, 2.45) is 0 Å². The van der Waals surface area contributed by atoms with Crippen LogP contribution in [-0.2, 0) is 4.74 Å². The van der Waals surface area contributed by atoms with Gasteiger partial charge in [0.25, 0.3) is 0 Å². The molecular weight excluding hydrogens is 254 g/mol. The van der Waals surface area contributed by atoms with Gasteiger partial charge in [0.1, 0.15) is 6.10 Å². The minimum absolute atomic E-state index is 0.0431. The largest absolute Gasteiger partial charge is 0.387 e. The van der Waals surface area contributed by atoms with Crippen LogP contribution in [0.5, 0.6) is 0 Å². The molecule has 0 spiro atoms. The lowest BCUT2D eigenvalue weighted by atomic mass is 10.2. The van der Waals surface area contributed by atoms with Crippen molar-refractivity contribution in [3.63, 3.8) is 0 Å². The molecule has 6 nitrogen and oxygen atoms in total. The third-order valence-electron chi connectivity index (χ3n) is 3.31. The Morgan fingerprint density at radius 3 is 2.80 bits per heavy atom. The van der Waals surface area contributed by atoms with E-state index in [9.17, 15) is 0 Å². The van der Waals surface area contributed by atoms with E-state index in [0.717, 1.165) is 30.4 Å². The zero-order chi connectivity index (χ0) is 13.8. The maximum Gasteiger partial charge on any atom is 0.225 e. The summed E-state index contributed by atoms with van der Waals surface area (Å²) in [7, 11) is 1.88. The summed E-state index contributed by atoms with van der Waals surface area (Å²) in [4.78, 5) is 15.1. The highest BCUT2D eigenvalue weighted by Crippen LogP contribution is 2.23. The fourth-order valence-corrected chi connectivity index (χ4v) is 2.21. The van der Waals surface area contributed by atoms with E-state index in [1.54, 1.807) is 12.4 Å². The van der Waals surface area contributed by atoms with Gasteiger partial charge < -0.3 is 15.0 Å². The molecule has 0 amide bonds. The Bertz CT molecular complexity index is 545. The molecule has 0 aliphatic carbocycles. The quantitative estimate of drug-likeness (QED) is 0.912. The molecule has 2 aromatic heterocycles. The second kappa shape index (κ2) is 5.83. The molecule has 6 heteroatoms. The normalized spacial score (nSPS) is 18.9. The number of rotatable bonds is 3. The molecule has 1 aliphatic heterocycles. The number of nitrogens with zero attached hydrogens (tertiary/aromatic N) is 4. The smallest absolute Gasteiger partial charge is 0.225 e. The topological polar surface area (TPSA) is 63.2 Å². The first-order valence-corrected chi connectivity index (χ1v) is 6.64. The van der Waals surface area contributed by atoms with Gasteiger partial charge in [0, 0.05) is 26.0 Å². The molecule has 3 heterocycles.